The molecule has 0 saturated carbocycles. The van der Waals surface area contributed by atoms with Gasteiger partial charge in [0.2, 0.25) is 0 Å². The molecule has 0 spiro atoms. The van der Waals surface area contributed by atoms with Gasteiger partial charge < -0.3 is 9.47 Å². The minimum atomic E-state index is -0.127. The topological polar surface area (TPSA) is 38.8 Å². The predicted molar refractivity (Wildman–Crippen MR) is 136 cm³/mol. The highest BCUT2D eigenvalue weighted by Crippen LogP contribution is 2.39. The van der Waals surface area contributed by atoms with Gasteiger partial charge in [-0.05, 0) is 77.9 Å². The van der Waals surface area contributed by atoms with Crippen LogP contribution in [-0.2, 0) is 4.79 Å². The van der Waals surface area contributed by atoms with E-state index in [0.717, 1.165) is 31.5 Å². The molecule has 2 aromatic carbocycles. The number of carbonyl (C=O) groups is 1. The Morgan fingerprint density at radius 1 is 1.24 bits per heavy atom. The SMILES string of the molecule is CCCOc1c(I)cc(/C=C2\SC(=S)N(c3cccc(Br)c3)C2=O)cc1OCC. The predicted octanol–water partition coefficient (Wildman–Crippen LogP) is 6.65. The molecule has 0 radical (unpaired) electrons. The Morgan fingerprint density at radius 2 is 2.03 bits per heavy atom. The van der Waals surface area contributed by atoms with E-state index in [0.29, 0.717) is 28.2 Å². The maximum absolute atomic E-state index is 13.0. The molecule has 1 aliphatic rings. The van der Waals surface area contributed by atoms with Gasteiger partial charge in [0.05, 0.1) is 27.4 Å². The number of anilines is 1. The van der Waals surface area contributed by atoms with Crippen LogP contribution in [0.3, 0.4) is 0 Å². The quantitative estimate of drug-likeness (QED) is 0.201. The molecule has 8 heteroatoms. The number of thiocarbonyl (C=S) groups is 1. The number of hydrogen-bond acceptors (Lipinski definition) is 5. The summed E-state index contributed by atoms with van der Waals surface area (Å²) in [6, 6.07) is 11.4. The van der Waals surface area contributed by atoms with Gasteiger partial charge in [-0.1, -0.05) is 52.9 Å². The molecular formula is C21H19BrINO3S2. The van der Waals surface area contributed by atoms with Crippen molar-refractivity contribution in [3.05, 3.63) is 54.9 Å². The van der Waals surface area contributed by atoms with Crippen LogP contribution in [0.5, 0.6) is 11.5 Å². The Bertz CT molecular complexity index is 980. The van der Waals surface area contributed by atoms with E-state index in [1.807, 2.05) is 49.4 Å². The van der Waals surface area contributed by atoms with Crippen molar-refractivity contribution in [1.82, 2.24) is 0 Å². The number of benzene rings is 2. The minimum absolute atomic E-state index is 0.127. The molecule has 152 valence electrons. The molecule has 0 aliphatic carbocycles. The molecule has 3 rings (SSSR count). The minimum Gasteiger partial charge on any atom is -0.490 e. The number of halogens is 2. The first-order valence-electron chi connectivity index (χ1n) is 9.07. The lowest BCUT2D eigenvalue weighted by atomic mass is 10.1. The van der Waals surface area contributed by atoms with Crippen LogP contribution in [0.1, 0.15) is 25.8 Å². The molecule has 0 bridgehead atoms. The summed E-state index contributed by atoms with van der Waals surface area (Å²) in [5, 5.41) is 0. The largest absolute Gasteiger partial charge is 0.490 e. The number of amides is 1. The molecule has 2 aromatic rings. The summed E-state index contributed by atoms with van der Waals surface area (Å²) in [6.07, 6.45) is 2.77. The first-order valence-corrected chi connectivity index (χ1v) is 12.2. The molecular weight excluding hydrogens is 585 g/mol. The van der Waals surface area contributed by atoms with Crippen molar-refractivity contribution in [3.63, 3.8) is 0 Å². The standard InChI is InChI=1S/C21H19BrINO3S2/c1-3-8-27-19-16(23)9-13(10-17(19)26-4-2)11-18-20(25)24(21(28)29-18)15-7-5-6-14(22)12-15/h5-7,9-12H,3-4,8H2,1-2H3/b18-11-. The van der Waals surface area contributed by atoms with Crippen molar-refractivity contribution in [3.8, 4) is 11.5 Å². The molecule has 0 N–H and O–H groups in total. The summed E-state index contributed by atoms with van der Waals surface area (Å²) in [6.45, 7) is 5.16. The molecule has 29 heavy (non-hydrogen) atoms. The maximum Gasteiger partial charge on any atom is 0.270 e. The smallest absolute Gasteiger partial charge is 0.270 e. The monoisotopic (exact) mass is 603 g/mol. The fourth-order valence-electron chi connectivity index (χ4n) is 2.74. The van der Waals surface area contributed by atoms with Gasteiger partial charge >= 0.3 is 0 Å². The van der Waals surface area contributed by atoms with Gasteiger partial charge in [0.15, 0.2) is 15.8 Å². The first-order chi connectivity index (χ1) is 13.9. The fraction of sp³-hybridized carbons (Fsp3) is 0.238. The van der Waals surface area contributed by atoms with Crippen LogP contribution in [0, 0.1) is 3.57 Å². The summed E-state index contributed by atoms with van der Waals surface area (Å²) in [4.78, 5) is 15.2. The molecule has 1 fully saturated rings. The third-order valence-corrected chi connectivity index (χ3v) is 6.54. The van der Waals surface area contributed by atoms with Gasteiger partial charge in [-0.15, -0.1) is 0 Å². The summed E-state index contributed by atoms with van der Waals surface area (Å²) in [5.74, 6) is 1.30. The molecule has 1 aliphatic heterocycles. The van der Waals surface area contributed by atoms with Crippen molar-refractivity contribution in [2.45, 2.75) is 20.3 Å². The third kappa shape index (κ3) is 5.34. The number of hydrogen-bond donors (Lipinski definition) is 0. The Balaban J connectivity index is 1.93. The van der Waals surface area contributed by atoms with Crippen molar-refractivity contribution in [2.24, 2.45) is 0 Å². The number of ether oxygens (including phenoxy) is 2. The Morgan fingerprint density at radius 3 is 2.72 bits per heavy atom. The number of carbonyl (C=O) groups excluding carboxylic acids is 1. The molecule has 0 aromatic heterocycles. The number of thioether (sulfide) groups is 1. The van der Waals surface area contributed by atoms with E-state index in [9.17, 15) is 4.79 Å². The van der Waals surface area contributed by atoms with Crippen LogP contribution in [0.25, 0.3) is 6.08 Å². The summed E-state index contributed by atoms with van der Waals surface area (Å²) < 4.78 is 14.0. The second-order valence-corrected chi connectivity index (χ2v) is 9.86. The zero-order valence-corrected chi connectivity index (χ0v) is 21.3. The highest BCUT2D eigenvalue weighted by atomic mass is 127. The van der Waals surface area contributed by atoms with Gasteiger partial charge in [-0.3, -0.25) is 9.69 Å². The Labute approximate surface area is 202 Å². The van der Waals surface area contributed by atoms with Crippen molar-refractivity contribution in [1.29, 1.82) is 0 Å². The Hall–Kier alpha value is -1.10. The molecule has 0 unspecified atom stereocenters. The summed E-state index contributed by atoms with van der Waals surface area (Å²) in [7, 11) is 0. The van der Waals surface area contributed by atoms with Gasteiger partial charge in [-0.25, -0.2) is 0 Å². The van der Waals surface area contributed by atoms with Crippen molar-refractivity contribution >= 4 is 84.5 Å². The first kappa shape index (κ1) is 22.6. The zero-order chi connectivity index (χ0) is 21.0. The van der Waals surface area contributed by atoms with Crippen molar-refractivity contribution in [2.75, 3.05) is 18.1 Å². The van der Waals surface area contributed by atoms with Gasteiger partial charge in [0.25, 0.3) is 5.91 Å². The molecule has 1 heterocycles. The van der Waals surface area contributed by atoms with E-state index in [-0.39, 0.29) is 5.91 Å². The van der Waals surface area contributed by atoms with E-state index in [1.165, 1.54) is 11.8 Å². The number of rotatable bonds is 7. The highest BCUT2D eigenvalue weighted by molar-refractivity contribution is 14.1. The molecule has 0 atom stereocenters. The normalized spacial score (nSPS) is 15.3. The summed E-state index contributed by atoms with van der Waals surface area (Å²) in [5.41, 5.74) is 1.62. The van der Waals surface area contributed by atoms with Gasteiger partial charge in [0.1, 0.15) is 0 Å². The van der Waals surface area contributed by atoms with E-state index in [1.54, 1.807) is 4.90 Å². The van der Waals surface area contributed by atoms with Crippen LogP contribution in [0.4, 0.5) is 5.69 Å². The zero-order valence-electron chi connectivity index (χ0n) is 15.9. The lowest BCUT2D eigenvalue weighted by molar-refractivity contribution is -0.113. The lowest BCUT2D eigenvalue weighted by Gasteiger charge is -2.15. The van der Waals surface area contributed by atoms with Crippen LogP contribution >= 0.6 is 62.5 Å². The fourth-order valence-corrected chi connectivity index (χ4v) is 5.20. The van der Waals surface area contributed by atoms with Crippen LogP contribution in [0.2, 0.25) is 0 Å². The summed E-state index contributed by atoms with van der Waals surface area (Å²) >= 11 is 12.4. The van der Waals surface area contributed by atoms with E-state index >= 15 is 0 Å². The maximum atomic E-state index is 13.0. The van der Waals surface area contributed by atoms with Crippen LogP contribution in [-0.4, -0.2) is 23.4 Å². The molecule has 1 amide bonds. The second kappa shape index (κ2) is 10.3. The van der Waals surface area contributed by atoms with E-state index in [4.69, 9.17) is 21.7 Å². The van der Waals surface area contributed by atoms with Crippen molar-refractivity contribution < 1.29 is 14.3 Å². The van der Waals surface area contributed by atoms with Crippen LogP contribution < -0.4 is 14.4 Å². The lowest BCUT2D eigenvalue weighted by Crippen LogP contribution is -2.27. The average Bonchev–Trinajstić information content (AvgIpc) is 2.94. The van der Waals surface area contributed by atoms with E-state index < -0.39 is 0 Å². The third-order valence-electron chi connectivity index (χ3n) is 3.94. The number of nitrogens with zero attached hydrogens (tertiary/aromatic N) is 1. The Kier molecular flexibility index (Phi) is 8.00. The molecule has 1 saturated heterocycles. The van der Waals surface area contributed by atoms with Crippen LogP contribution in [0.15, 0.2) is 45.8 Å². The van der Waals surface area contributed by atoms with Gasteiger partial charge in [0, 0.05) is 4.47 Å². The molecule has 4 nitrogen and oxygen atoms in total. The van der Waals surface area contributed by atoms with E-state index in [2.05, 4.69) is 45.4 Å². The highest BCUT2D eigenvalue weighted by Gasteiger charge is 2.33. The second-order valence-electron chi connectivity index (χ2n) is 6.11. The van der Waals surface area contributed by atoms with Gasteiger partial charge in [-0.2, -0.15) is 0 Å². The average molecular weight is 604 g/mol.